The first-order valence-electron chi connectivity index (χ1n) is 9.16. The van der Waals surface area contributed by atoms with E-state index in [4.69, 9.17) is 0 Å². The molecule has 0 aromatic carbocycles. The summed E-state index contributed by atoms with van der Waals surface area (Å²) in [5.41, 5.74) is 0. The van der Waals surface area contributed by atoms with Crippen molar-refractivity contribution in [3.8, 4) is 0 Å². The number of piperazine rings is 1. The second-order valence-corrected chi connectivity index (χ2v) is 7.94. The second-order valence-electron chi connectivity index (χ2n) is 7.94. The summed E-state index contributed by atoms with van der Waals surface area (Å²) in [5.74, 6) is 2.77. The van der Waals surface area contributed by atoms with Crippen molar-refractivity contribution in [3.63, 3.8) is 0 Å². The van der Waals surface area contributed by atoms with Gasteiger partial charge in [0, 0.05) is 31.2 Å². The number of nitrogens with zero attached hydrogens (tertiary/aromatic N) is 1. The zero-order chi connectivity index (χ0) is 14.1. The Morgan fingerprint density at radius 2 is 1.65 bits per heavy atom. The zero-order valence-electron chi connectivity index (χ0n) is 13.8. The molecular weight excluding hydrogens is 244 g/mol. The summed E-state index contributed by atoms with van der Waals surface area (Å²) in [7, 11) is 0. The van der Waals surface area contributed by atoms with Crippen molar-refractivity contribution in [2.24, 2.45) is 17.8 Å². The molecule has 0 aromatic heterocycles. The standard InChI is InChI=1S/C18H34N2/c1-13-9-10-18(15(13)3)20-12-17(19-11-14(20)2)16-7-5-4-6-8-16/h13-19H,4-12H2,1-3H3. The quantitative estimate of drug-likeness (QED) is 0.829. The average molecular weight is 278 g/mol. The first-order valence-corrected chi connectivity index (χ1v) is 9.16. The van der Waals surface area contributed by atoms with Gasteiger partial charge in [-0.2, -0.15) is 0 Å². The summed E-state index contributed by atoms with van der Waals surface area (Å²) in [6.45, 7) is 9.90. The monoisotopic (exact) mass is 278 g/mol. The van der Waals surface area contributed by atoms with E-state index in [2.05, 4.69) is 31.0 Å². The van der Waals surface area contributed by atoms with E-state index in [9.17, 15) is 0 Å². The van der Waals surface area contributed by atoms with Gasteiger partial charge in [0.2, 0.25) is 0 Å². The van der Waals surface area contributed by atoms with E-state index >= 15 is 0 Å². The second kappa shape index (κ2) is 6.36. The third-order valence-corrected chi connectivity index (χ3v) is 6.72. The molecule has 1 N–H and O–H groups in total. The third kappa shape index (κ3) is 2.92. The van der Waals surface area contributed by atoms with Gasteiger partial charge in [0.1, 0.15) is 0 Å². The molecule has 2 saturated carbocycles. The molecule has 3 aliphatic rings. The highest BCUT2D eigenvalue weighted by atomic mass is 15.3. The van der Waals surface area contributed by atoms with Crippen LogP contribution in [0, 0.1) is 17.8 Å². The highest BCUT2D eigenvalue weighted by Crippen LogP contribution is 2.37. The van der Waals surface area contributed by atoms with E-state index in [1.54, 1.807) is 0 Å². The lowest BCUT2D eigenvalue weighted by Gasteiger charge is -2.46. The summed E-state index contributed by atoms with van der Waals surface area (Å²) < 4.78 is 0. The molecule has 1 saturated heterocycles. The predicted molar refractivity (Wildman–Crippen MR) is 85.9 cm³/mol. The Kier molecular flexibility index (Phi) is 4.72. The van der Waals surface area contributed by atoms with Gasteiger partial charge in [-0.25, -0.2) is 0 Å². The zero-order valence-corrected chi connectivity index (χ0v) is 13.8. The van der Waals surface area contributed by atoms with Crippen LogP contribution in [0.5, 0.6) is 0 Å². The number of nitrogens with one attached hydrogen (secondary N) is 1. The fourth-order valence-corrected chi connectivity index (χ4v) is 5.03. The molecule has 2 aliphatic carbocycles. The third-order valence-electron chi connectivity index (χ3n) is 6.72. The normalized spacial score (nSPS) is 44.9. The molecule has 0 aromatic rings. The number of rotatable bonds is 2. The van der Waals surface area contributed by atoms with Gasteiger partial charge in [-0.1, -0.05) is 33.1 Å². The van der Waals surface area contributed by atoms with Crippen LogP contribution in [0.1, 0.15) is 65.7 Å². The lowest BCUT2D eigenvalue weighted by atomic mass is 9.82. The topological polar surface area (TPSA) is 15.3 Å². The van der Waals surface area contributed by atoms with Crippen molar-refractivity contribution in [2.45, 2.75) is 83.8 Å². The molecule has 0 radical (unpaired) electrons. The van der Waals surface area contributed by atoms with Crippen molar-refractivity contribution >= 4 is 0 Å². The predicted octanol–water partition coefficient (Wildman–Crippen LogP) is 3.66. The molecule has 2 nitrogen and oxygen atoms in total. The molecule has 1 aliphatic heterocycles. The number of hydrogen-bond donors (Lipinski definition) is 1. The Morgan fingerprint density at radius 3 is 2.30 bits per heavy atom. The Labute approximate surface area is 125 Å². The summed E-state index contributed by atoms with van der Waals surface area (Å²) >= 11 is 0. The molecule has 3 fully saturated rings. The summed E-state index contributed by atoms with van der Waals surface area (Å²) in [4.78, 5) is 2.88. The maximum atomic E-state index is 3.88. The van der Waals surface area contributed by atoms with Gasteiger partial charge < -0.3 is 5.32 Å². The number of hydrogen-bond acceptors (Lipinski definition) is 2. The molecule has 20 heavy (non-hydrogen) atoms. The van der Waals surface area contributed by atoms with Crippen molar-refractivity contribution < 1.29 is 0 Å². The van der Waals surface area contributed by atoms with Crippen molar-refractivity contribution in [1.29, 1.82) is 0 Å². The molecule has 0 bridgehead atoms. The van der Waals surface area contributed by atoms with Crippen molar-refractivity contribution in [3.05, 3.63) is 0 Å². The van der Waals surface area contributed by atoms with Gasteiger partial charge in [-0.15, -0.1) is 0 Å². The maximum absolute atomic E-state index is 3.88. The molecule has 5 unspecified atom stereocenters. The SMILES string of the molecule is CC1CCC(N2CC(C3CCCCC3)NCC2C)C1C. The summed E-state index contributed by atoms with van der Waals surface area (Å²) in [6.07, 6.45) is 10.2. The Morgan fingerprint density at radius 1 is 0.900 bits per heavy atom. The van der Waals surface area contributed by atoms with E-state index in [-0.39, 0.29) is 0 Å². The van der Waals surface area contributed by atoms with E-state index in [1.807, 2.05) is 0 Å². The van der Waals surface area contributed by atoms with Crippen LogP contribution < -0.4 is 5.32 Å². The molecule has 5 atom stereocenters. The summed E-state index contributed by atoms with van der Waals surface area (Å²) in [5, 5.41) is 3.88. The van der Waals surface area contributed by atoms with Crippen LogP contribution in [-0.4, -0.2) is 36.1 Å². The highest BCUT2D eigenvalue weighted by molar-refractivity contribution is 4.96. The van der Waals surface area contributed by atoms with Gasteiger partial charge in [-0.3, -0.25) is 4.90 Å². The largest absolute Gasteiger partial charge is 0.311 e. The van der Waals surface area contributed by atoms with E-state index < -0.39 is 0 Å². The molecular formula is C18H34N2. The Balaban J connectivity index is 1.64. The van der Waals surface area contributed by atoms with E-state index in [0.717, 1.165) is 35.9 Å². The van der Waals surface area contributed by atoms with Crippen LogP contribution in [0.25, 0.3) is 0 Å². The smallest absolute Gasteiger partial charge is 0.0224 e. The fourth-order valence-electron chi connectivity index (χ4n) is 5.03. The molecule has 116 valence electrons. The minimum atomic E-state index is 0.729. The summed E-state index contributed by atoms with van der Waals surface area (Å²) in [6, 6.07) is 2.36. The first-order chi connectivity index (χ1) is 9.66. The van der Waals surface area contributed by atoms with E-state index in [0.29, 0.717) is 0 Å². The molecule has 0 amide bonds. The van der Waals surface area contributed by atoms with Crippen LogP contribution in [0.15, 0.2) is 0 Å². The van der Waals surface area contributed by atoms with Crippen LogP contribution in [0.2, 0.25) is 0 Å². The highest BCUT2D eigenvalue weighted by Gasteiger charge is 2.39. The van der Waals surface area contributed by atoms with Gasteiger partial charge in [0.15, 0.2) is 0 Å². The van der Waals surface area contributed by atoms with Gasteiger partial charge in [0.25, 0.3) is 0 Å². The van der Waals surface area contributed by atoms with Gasteiger partial charge in [0.05, 0.1) is 0 Å². The van der Waals surface area contributed by atoms with Crippen LogP contribution in [0.3, 0.4) is 0 Å². The van der Waals surface area contributed by atoms with Crippen molar-refractivity contribution in [2.75, 3.05) is 13.1 Å². The van der Waals surface area contributed by atoms with Gasteiger partial charge >= 0.3 is 0 Å². The van der Waals surface area contributed by atoms with Crippen LogP contribution in [-0.2, 0) is 0 Å². The molecule has 0 spiro atoms. The fraction of sp³-hybridized carbons (Fsp3) is 1.00. The van der Waals surface area contributed by atoms with Crippen LogP contribution in [0.4, 0.5) is 0 Å². The molecule has 2 heteroatoms. The minimum Gasteiger partial charge on any atom is -0.311 e. The van der Waals surface area contributed by atoms with Gasteiger partial charge in [-0.05, 0) is 50.4 Å². The first kappa shape index (κ1) is 14.8. The molecule has 3 rings (SSSR count). The van der Waals surface area contributed by atoms with Crippen LogP contribution >= 0.6 is 0 Å². The lowest BCUT2D eigenvalue weighted by Crippen LogP contribution is -2.61. The minimum absolute atomic E-state index is 0.729. The Hall–Kier alpha value is -0.0800. The average Bonchev–Trinajstić information content (AvgIpc) is 2.81. The lowest BCUT2D eigenvalue weighted by molar-refractivity contribution is 0.0492. The Bertz CT molecular complexity index is 311. The molecule has 1 heterocycles. The van der Waals surface area contributed by atoms with E-state index in [1.165, 1.54) is 58.0 Å². The maximum Gasteiger partial charge on any atom is 0.0224 e. The van der Waals surface area contributed by atoms with Crippen molar-refractivity contribution in [1.82, 2.24) is 10.2 Å².